The van der Waals surface area contributed by atoms with Crippen molar-refractivity contribution < 1.29 is 19.1 Å². The van der Waals surface area contributed by atoms with Crippen LogP contribution in [-0.4, -0.2) is 24.9 Å². The van der Waals surface area contributed by atoms with Gasteiger partial charge in [-0.15, -0.1) is 0 Å². The van der Waals surface area contributed by atoms with Crippen molar-refractivity contribution in [2.45, 2.75) is 0 Å². The van der Waals surface area contributed by atoms with Crippen LogP contribution in [0.5, 0.6) is 11.5 Å². The summed E-state index contributed by atoms with van der Waals surface area (Å²) in [7, 11) is 1.49. The highest BCUT2D eigenvalue weighted by Gasteiger charge is 2.37. The molecule has 0 unspecified atom stereocenters. The summed E-state index contributed by atoms with van der Waals surface area (Å²) in [5, 5.41) is 0.214. The molecule has 2 amide bonds. The molecule has 0 bridgehead atoms. The molecular formula is C20H15Cl2NO4S. The maximum Gasteiger partial charge on any atom is 0.298 e. The van der Waals surface area contributed by atoms with Gasteiger partial charge in [0.15, 0.2) is 11.5 Å². The number of hydrogen-bond donors (Lipinski definition) is 0. The Labute approximate surface area is 176 Å². The number of anilines is 1. The van der Waals surface area contributed by atoms with Gasteiger partial charge in [-0.25, -0.2) is 4.90 Å². The third kappa shape index (κ3) is 4.04. The van der Waals surface area contributed by atoms with Gasteiger partial charge in [0, 0.05) is 0 Å². The maximum atomic E-state index is 12.8. The number of carbonyl (C=O) groups excluding carboxylic acids is 2. The Morgan fingerprint density at radius 3 is 2.61 bits per heavy atom. The average Bonchev–Trinajstić information content (AvgIpc) is 2.94. The van der Waals surface area contributed by atoms with Gasteiger partial charge in [-0.2, -0.15) is 0 Å². The molecule has 0 radical (unpaired) electrons. The predicted octanol–water partition coefficient (Wildman–Crippen LogP) is 5.81. The number of amides is 2. The zero-order chi connectivity index (χ0) is 20.3. The van der Waals surface area contributed by atoms with Crippen LogP contribution in [0.1, 0.15) is 5.56 Å². The lowest BCUT2D eigenvalue weighted by molar-refractivity contribution is -0.113. The largest absolute Gasteiger partial charge is 0.493 e. The summed E-state index contributed by atoms with van der Waals surface area (Å²) in [6.07, 6.45) is 3.17. The fourth-order valence-electron chi connectivity index (χ4n) is 2.57. The Hall–Kier alpha value is -2.41. The van der Waals surface area contributed by atoms with Gasteiger partial charge < -0.3 is 9.47 Å². The van der Waals surface area contributed by atoms with E-state index in [0.29, 0.717) is 32.8 Å². The summed E-state index contributed by atoms with van der Waals surface area (Å²) in [4.78, 5) is 26.5. The molecule has 0 saturated carbocycles. The number of methoxy groups -OCH3 is 1. The van der Waals surface area contributed by atoms with Crippen molar-refractivity contribution in [3.05, 3.63) is 69.6 Å². The van der Waals surface area contributed by atoms with E-state index in [9.17, 15) is 9.59 Å². The summed E-state index contributed by atoms with van der Waals surface area (Å²) < 4.78 is 10.8. The van der Waals surface area contributed by atoms with Gasteiger partial charge in [-0.05, 0) is 47.7 Å². The van der Waals surface area contributed by atoms with Crippen LogP contribution < -0.4 is 14.4 Å². The number of ether oxygens (including phenoxy) is 2. The van der Waals surface area contributed by atoms with Crippen molar-refractivity contribution in [3.8, 4) is 11.5 Å². The highest BCUT2D eigenvalue weighted by Crippen LogP contribution is 2.41. The van der Waals surface area contributed by atoms with Gasteiger partial charge in [-0.3, -0.25) is 9.59 Å². The minimum Gasteiger partial charge on any atom is -0.493 e. The highest BCUT2D eigenvalue weighted by atomic mass is 35.5. The quantitative estimate of drug-likeness (QED) is 0.423. The molecule has 0 N–H and O–H groups in total. The molecule has 8 heteroatoms. The molecule has 0 aromatic heterocycles. The normalized spacial score (nSPS) is 15.2. The SMILES string of the molecule is C=CCOc1c(Cl)cc(/C=C2\SC(=O)N(c3ccccc3Cl)C2=O)cc1OC. The number of carbonyl (C=O) groups is 2. The molecule has 2 aromatic carbocycles. The Balaban J connectivity index is 1.95. The standard InChI is InChI=1S/C20H15Cl2NO4S/c1-3-8-27-18-14(22)9-12(10-16(18)26-2)11-17-19(24)23(20(25)28-17)15-7-5-4-6-13(15)21/h3-7,9-11H,1,8H2,2H3/b17-11-. The van der Waals surface area contributed by atoms with Crippen LogP contribution in [0.3, 0.4) is 0 Å². The van der Waals surface area contributed by atoms with Crippen LogP contribution in [0.15, 0.2) is 54.0 Å². The number of thioether (sulfide) groups is 1. The minimum atomic E-state index is -0.454. The Morgan fingerprint density at radius 2 is 1.93 bits per heavy atom. The summed E-state index contributed by atoms with van der Waals surface area (Å²) >= 11 is 13.3. The molecule has 1 heterocycles. The van der Waals surface area contributed by atoms with E-state index < -0.39 is 11.1 Å². The second kappa shape index (κ2) is 8.73. The van der Waals surface area contributed by atoms with E-state index in [1.165, 1.54) is 7.11 Å². The number of para-hydroxylation sites is 1. The minimum absolute atomic E-state index is 0.253. The number of nitrogens with zero attached hydrogens (tertiary/aromatic N) is 1. The van der Waals surface area contributed by atoms with Gasteiger partial charge >= 0.3 is 0 Å². The van der Waals surface area contributed by atoms with Crippen molar-refractivity contribution in [2.24, 2.45) is 0 Å². The molecule has 1 aliphatic rings. The molecule has 3 rings (SSSR count). The molecule has 1 aliphatic heterocycles. The number of rotatable bonds is 6. The van der Waals surface area contributed by atoms with Crippen molar-refractivity contribution in [3.63, 3.8) is 0 Å². The molecule has 1 fully saturated rings. The fraction of sp³-hybridized carbons (Fsp3) is 0.100. The van der Waals surface area contributed by atoms with Gasteiger partial charge in [0.05, 0.1) is 27.7 Å². The molecule has 5 nitrogen and oxygen atoms in total. The number of hydrogen-bond acceptors (Lipinski definition) is 5. The topological polar surface area (TPSA) is 55.8 Å². The Morgan fingerprint density at radius 1 is 1.18 bits per heavy atom. The van der Waals surface area contributed by atoms with Crippen LogP contribution in [-0.2, 0) is 4.79 Å². The first-order valence-corrected chi connectivity index (χ1v) is 9.67. The van der Waals surface area contributed by atoms with Crippen LogP contribution in [0, 0.1) is 0 Å². The number of benzene rings is 2. The molecule has 0 spiro atoms. The van der Waals surface area contributed by atoms with Gasteiger partial charge in [0.2, 0.25) is 0 Å². The fourth-order valence-corrected chi connectivity index (χ4v) is 3.89. The van der Waals surface area contributed by atoms with Crippen molar-refractivity contribution in [1.82, 2.24) is 0 Å². The van der Waals surface area contributed by atoms with Crippen LogP contribution in [0.4, 0.5) is 10.5 Å². The lowest BCUT2D eigenvalue weighted by atomic mass is 10.1. The lowest BCUT2D eigenvalue weighted by Crippen LogP contribution is -2.27. The molecule has 144 valence electrons. The van der Waals surface area contributed by atoms with E-state index in [1.807, 2.05) is 0 Å². The molecule has 0 atom stereocenters. The first-order chi connectivity index (χ1) is 13.5. The van der Waals surface area contributed by atoms with E-state index in [2.05, 4.69) is 6.58 Å². The zero-order valence-corrected chi connectivity index (χ0v) is 17.1. The van der Waals surface area contributed by atoms with Crippen LogP contribution in [0.25, 0.3) is 6.08 Å². The first-order valence-electron chi connectivity index (χ1n) is 8.10. The summed E-state index contributed by atoms with van der Waals surface area (Å²) in [6.45, 7) is 3.87. The van der Waals surface area contributed by atoms with Gasteiger partial charge in [0.1, 0.15) is 6.61 Å². The van der Waals surface area contributed by atoms with Crippen molar-refractivity contribution >= 4 is 57.9 Å². The van der Waals surface area contributed by atoms with E-state index in [-0.39, 0.29) is 11.5 Å². The van der Waals surface area contributed by atoms with E-state index in [1.54, 1.807) is 48.6 Å². The molecule has 0 aliphatic carbocycles. The zero-order valence-electron chi connectivity index (χ0n) is 14.8. The summed E-state index contributed by atoms with van der Waals surface area (Å²) in [5.41, 5.74) is 0.941. The molecule has 1 saturated heterocycles. The third-order valence-corrected chi connectivity index (χ3v) is 5.25. The molecular weight excluding hydrogens is 421 g/mol. The number of imide groups is 1. The smallest absolute Gasteiger partial charge is 0.298 e. The van der Waals surface area contributed by atoms with Crippen LogP contribution >= 0.6 is 35.0 Å². The number of halogens is 2. The Kier molecular flexibility index (Phi) is 6.34. The van der Waals surface area contributed by atoms with E-state index in [0.717, 1.165) is 16.7 Å². The summed E-state index contributed by atoms with van der Waals surface area (Å²) in [6, 6.07) is 9.98. The monoisotopic (exact) mass is 435 g/mol. The molecule has 28 heavy (non-hydrogen) atoms. The molecule has 2 aromatic rings. The average molecular weight is 436 g/mol. The highest BCUT2D eigenvalue weighted by molar-refractivity contribution is 8.19. The predicted molar refractivity (Wildman–Crippen MR) is 114 cm³/mol. The van der Waals surface area contributed by atoms with E-state index >= 15 is 0 Å². The van der Waals surface area contributed by atoms with Crippen LogP contribution in [0.2, 0.25) is 10.0 Å². The summed E-state index contributed by atoms with van der Waals surface area (Å²) in [5.74, 6) is 0.335. The third-order valence-electron chi connectivity index (χ3n) is 3.78. The lowest BCUT2D eigenvalue weighted by Gasteiger charge is -2.14. The second-order valence-electron chi connectivity index (χ2n) is 5.60. The van der Waals surface area contributed by atoms with Crippen molar-refractivity contribution in [2.75, 3.05) is 18.6 Å². The van der Waals surface area contributed by atoms with E-state index in [4.69, 9.17) is 32.7 Å². The maximum absolute atomic E-state index is 12.8. The van der Waals surface area contributed by atoms with Crippen molar-refractivity contribution in [1.29, 1.82) is 0 Å². The van der Waals surface area contributed by atoms with Gasteiger partial charge in [0.25, 0.3) is 11.1 Å². The first kappa shape index (κ1) is 20.3. The Bertz CT molecular complexity index is 990. The van der Waals surface area contributed by atoms with Gasteiger partial charge in [-0.1, -0.05) is 48.0 Å². The second-order valence-corrected chi connectivity index (χ2v) is 7.41.